The summed E-state index contributed by atoms with van der Waals surface area (Å²) in [6.45, 7) is 4.33. The third-order valence-electron chi connectivity index (χ3n) is 2.19. The molecule has 1 heterocycles. The van der Waals surface area contributed by atoms with E-state index in [1.54, 1.807) is 13.8 Å². The Balaban J connectivity index is 3.22. The van der Waals surface area contributed by atoms with Crippen molar-refractivity contribution < 1.29 is 8.42 Å². The maximum Gasteiger partial charge on any atom is 0.244 e. The first kappa shape index (κ1) is 12.6. The summed E-state index contributed by atoms with van der Waals surface area (Å²) in [7, 11) is -3.51. The second-order valence-electron chi connectivity index (χ2n) is 3.11. The van der Waals surface area contributed by atoms with Gasteiger partial charge in [-0.2, -0.15) is 9.57 Å². The zero-order valence-electron chi connectivity index (χ0n) is 9.21. The van der Waals surface area contributed by atoms with Crippen LogP contribution in [0.4, 0.5) is 0 Å². The van der Waals surface area contributed by atoms with E-state index in [-0.39, 0.29) is 10.5 Å². The topological polar surface area (TPSA) is 74.1 Å². The molecule has 86 valence electrons. The molecule has 0 aliphatic carbocycles. The quantitative estimate of drug-likeness (QED) is 0.785. The van der Waals surface area contributed by atoms with Gasteiger partial charge in [0.15, 0.2) is 0 Å². The predicted octanol–water partition coefficient (Wildman–Crippen LogP) is 0.984. The predicted molar refractivity (Wildman–Crippen MR) is 59.1 cm³/mol. The first-order valence-electron chi connectivity index (χ1n) is 4.91. The van der Waals surface area contributed by atoms with E-state index < -0.39 is 10.0 Å². The summed E-state index contributed by atoms with van der Waals surface area (Å²) in [5.41, 5.74) is 0.244. The summed E-state index contributed by atoms with van der Waals surface area (Å²) in [5.74, 6) is 0. The summed E-state index contributed by atoms with van der Waals surface area (Å²) in [6, 6.07) is 3.20. The number of nitriles is 1. The van der Waals surface area contributed by atoms with Gasteiger partial charge in [-0.25, -0.2) is 8.42 Å². The lowest BCUT2D eigenvalue weighted by atomic mass is 10.3. The van der Waals surface area contributed by atoms with Crippen LogP contribution in [0.2, 0.25) is 0 Å². The Bertz CT molecular complexity index is 501. The molecular formula is C10H13N3O2S. The van der Waals surface area contributed by atoms with Crippen LogP contribution in [0.1, 0.15) is 19.4 Å². The molecule has 0 aliphatic heterocycles. The molecule has 0 fully saturated rings. The van der Waals surface area contributed by atoms with Gasteiger partial charge in [-0.1, -0.05) is 13.8 Å². The molecule has 1 rings (SSSR count). The van der Waals surface area contributed by atoms with Crippen LogP contribution in [0, 0.1) is 11.3 Å². The fraction of sp³-hybridized carbons (Fsp3) is 0.400. The van der Waals surface area contributed by atoms with Crippen molar-refractivity contribution in [2.75, 3.05) is 13.1 Å². The summed E-state index contributed by atoms with van der Waals surface area (Å²) in [6.07, 6.45) is 2.59. The Hall–Kier alpha value is -1.45. The third-order valence-corrected chi connectivity index (χ3v) is 4.20. The van der Waals surface area contributed by atoms with Crippen molar-refractivity contribution >= 4 is 10.0 Å². The van der Waals surface area contributed by atoms with Gasteiger partial charge in [0.05, 0.1) is 5.56 Å². The largest absolute Gasteiger partial charge is 0.262 e. The molecule has 6 heteroatoms. The molecule has 0 atom stereocenters. The number of hydrogen-bond donors (Lipinski definition) is 0. The third kappa shape index (κ3) is 2.38. The molecule has 0 aliphatic rings. The molecule has 0 aromatic carbocycles. The normalized spacial score (nSPS) is 11.4. The Morgan fingerprint density at radius 1 is 1.38 bits per heavy atom. The molecule has 0 radical (unpaired) electrons. The maximum absolute atomic E-state index is 12.0. The molecule has 0 unspecified atom stereocenters. The van der Waals surface area contributed by atoms with E-state index in [4.69, 9.17) is 5.26 Å². The minimum absolute atomic E-state index is 0.0650. The van der Waals surface area contributed by atoms with Crippen LogP contribution >= 0.6 is 0 Å². The number of nitrogens with zero attached hydrogens (tertiary/aromatic N) is 3. The highest BCUT2D eigenvalue weighted by Crippen LogP contribution is 2.14. The van der Waals surface area contributed by atoms with E-state index in [9.17, 15) is 8.42 Å². The minimum Gasteiger partial charge on any atom is -0.262 e. The van der Waals surface area contributed by atoms with E-state index >= 15 is 0 Å². The lowest BCUT2D eigenvalue weighted by Crippen LogP contribution is -2.30. The Morgan fingerprint density at radius 2 is 2.00 bits per heavy atom. The van der Waals surface area contributed by atoms with Gasteiger partial charge in [-0.15, -0.1) is 0 Å². The maximum atomic E-state index is 12.0. The highest BCUT2D eigenvalue weighted by Gasteiger charge is 2.21. The molecule has 0 amide bonds. The summed E-state index contributed by atoms with van der Waals surface area (Å²) < 4.78 is 25.4. The van der Waals surface area contributed by atoms with E-state index in [0.29, 0.717) is 13.1 Å². The number of hydrogen-bond acceptors (Lipinski definition) is 4. The van der Waals surface area contributed by atoms with Gasteiger partial charge < -0.3 is 0 Å². The summed E-state index contributed by atoms with van der Waals surface area (Å²) in [4.78, 5) is 3.81. The zero-order chi connectivity index (χ0) is 12.2. The van der Waals surface area contributed by atoms with Gasteiger partial charge in [0.25, 0.3) is 0 Å². The Morgan fingerprint density at radius 3 is 2.50 bits per heavy atom. The van der Waals surface area contributed by atoms with E-state index in [1.165, 1.54) is 22.8 Å². The average molecular weight is 239 g/mol. The average Bonchev–Trinajstić information content (AvgIpc) is 2.30. The van der Waals surface area contributed by atoms with Crippen LogP contribution in [0.25, 0.3) is 0 Å². The van der Waals surface area contributed by atoms with Gasteiger partial charge in [-0.05, 0) is 6.07 Å². The zero-order valence-corrected chi connectivity index (χ0v) is 10.0. The van der Waals surface area contributed by atoms with E-state index in [2.05, 4.69) is 4.98 Å². The number of aromatic nitrogens is 1. The van der Waals surface area contributed by atoms with Crippen LogP contribution in [0.5, 0.6) is 0 Å². The first-order chi connectivity index (χ1) is 7.56. The highest BCUT2D eigenvalue weighted by atomic mass is 32.2. The molecule has 1 aromatic heterocycles. The van der Waals surface area contributed by atoms with Crippen molar-refractivity contribution in [2.24, 2.45) is 0 Å². The van der Waals surface area contributed by atoms with Crippen LogP contribution in [0.3, 0.4) is 0 Å². The second kappa shape index (κ2) is 5.05. The lowest BCUT2D eigenvalue weighted by Gasteiger charge is -2.17. The van der Waals surface area contributed by atoms with Crippen molar-refractivity contribution in [2.45, 2.75) is 18.7 Å². The Labute approximate surface area is 95.4 Å². The van der Waals surface area contributed by atoms with Gasteiger partial charge in [0, 0.05) is 25.5 Å². The minimum atomic E-state index is -3.51. The van der Waals surface area contributed by atoms with Gasteiger partial charge in [-0.3, -0.25) is 4.98 Å². The van der Waals surface area contributed by atoms with Crippen LogP contribution in [-0.2, 0) is 10.0 Å². The molecule has 0 saturated heterocycles. The monoisotopic (exact) mass is 239 g/mol. The standard InChI is InChI=1S/C10H13N3O2S/c1-3-13(4-2)16(14,15)10-5-9(6-11)7-12-8-10/h5,7-8H,3-4H2,1-2H3. The fourth-order valence-electron chi connectivity index (χ4n) is 1.33. The Kier molecular flexibility index (Phi) is 3.99. The van der Waals surface area contributed by atoms with Gasteiger partial charge in [0.2, 0.25) is 10.0 Å². The van der Waals surface area contributed by atoms with Gasteiger partial charge >= 0.3 is 0 Å². The lowest BCUT2D eigenvalue weighted by molar-refractivity contribution is 0.445. The molecular weight excluding hydrogens is 226 g/mol. The van der Waals surface area contributed by atoms with E-state index in [0.717, 1.165) is 0 Å². The molecule has 0 saturated carbocycles. The summed E-state index contributed by atoms with van der Waals surface area (Å²) in [5, 5.41) is 8.68. The number of pyridine rings is 1. The molecule has 0 spiro atoms. The molecule has 16 heavy (non-hydrogen) atoms. The first-order valence-corrected chi connectivity index (χ1v) is 6.35. The molecule has 0 bridgehead atoms. The molecule has 5 nitrogen and oxygen atoms in total. The fourth-order valence-corrected chi connectivity index (χ4v) is 2.78. The van der Waals surface area contributed by atoms with Crippen LogP contribution in [-0.4, -0.2) is 30.8 Å². The van der Waals surface area contributed by atoms with Crippen molar-refractivity contribution in [3.63, 3.8) is 0 Å². The van der Waals surface area contributed by atoms with E-state index in [1.807, 2.05) is 6.07 Å². The second-order valence-corrected chi connectivity index (χ2v) is 5.05. The summed E-state index contributed by atoms with van der Waals surface area (Å²) >= 11 is 0. The number of sulfonamides is 1. The highest BCUT2D eigenvalue weighted by molar-refractivity contribution is 7.89. The van der Waals surface area contributed by atoms with Crippen molar-refractivity contribution in [1.82, 2.24) is 9.29 Å². The van der Waals surface area contributed by atoms with Crippen molar-refractivity contribution in [1.29, 1.82) is 5.26 Å². The van der Waals surface area contributed by atoms with Crippen LogP contribution in [0.15, 0.2) is 23.4 Å². The SMILES string of the molecule is CCN(CC)S(=O)(=O)c1cncc(C#N)c1. The van der Waals surface area contributed by atoms with Crippen molar-refractivity contribution in [3.05, 3.63) is 24.0 Å². The van der Waals surface area contributed by atoms with Gasteiger partial charge in [0.1, 0.15) is 11.0 Å². The number of rotatable bonds is 4. The van der Waals surface area contributed by atoms with Crippen LogP contribution < -0.4 is 0 Å². The smallest absolute Gasteiger partial charge is 0.244 e. The molecule has 1 aromatic rings. The van der Waals surface area contributed by atoms with Crippen molar-refractivity contribution in [3.8, 4) is 6.07 Å². The molecule has 0 N–H and O–H groups in total.